The fourth-order valence-electron chi connectivity index (χ4n) is 11.8. The molecule has 1 unspecified atom stereocenters. The van der Waals surface area contributed by atoms with Gasteiger partial charge < -0.3 is 19.4 Å². The Morgan fingerprint density at radius 3 is 2.62 bits per heavy atom. The van der Waals surface area contributed by atoms with Gasteiger partial charge in [-0.05, 0) is 98.7 Å². The third-order valence-corrected chi connectivity index (χ3v) is 13.9. The standard InChI is InChI=1S/C42H50N4O4/c1-6-24-16-23-20-42(41(48)50-5)38-28(14-15-46(21-23)39(24)42)31-17-26(12-13-34(31)44-38)30-18-29-25(7-2)22-45(3)35(36(29)40(47)49-4)19-32-27-10-8-9-11-33(27)43-37(30)32/h7-13,17,23-24,29-30,35-36,39,43-44H,6,14-16,18-22H2,1-5H3/b25-7-/t23-,24+,29+,30+,35+,36+,39+,42-/m1/s1. The maximum atomic E-state index is 14.1. The number of H-pyrrole nitrogens is 2. The first-order valence-corrected chi connectivity index (χ1v) is 18.8. The van der Waals surface area contributed by atoms with Crippen LogP contribution in [0.15, 0.2) is 54.1 Å². The van der Waals surface area contributed by atoms with Crippen molar-refractivity contribution in [1.82, 2.24) is 19.8 Å². The topological polar surface area (TPSA) is 90.7 Å². The molecular weight excluding hydrogens is 624 g/mol. The average molecular weight is 675 g/mol. The number of methoxy groups -OCH3 is 2. The molecule has 2 aromatic carbocycles. The molecule has 10 rings (SSSR count). The van der Waals surface area contributed by atoms with Gasteiger partial charge in [-0.15, -0.1) is 0 Å². The van der Waals surface area contributed by atoms with Gasteiger partial charge in [0.25, 0.3) is 0 Å². The minimum Gasteiger partial charge on any atom is -0.469 e. The molecule has 6 heterocycles. The number of nitrogens with one attached hydrogen (secondary N) is 2. The third kappa shape index (κ3) is 4.43. The summed E-state index contributed by atoms with van der Waals surface area (Å²) in [5.74, 6) is 0.629. The van der Waals surface area contributed by atoms with Gasteiger partial charge in [0, 0.05) is 70.8 Å². The summed E-state index contributed by atoms with van der Waals surface area (Å²) in [7, 11) is 5.25. The molecule has 2 aromatic heterocycles. The molecule has 6 aliphatic rings. The fourth-order valence-corrected chi connectivity index (χ4v) is 11.8. The van der Waals surface area contributed by atoms with Gasteiger partial charge in [0.1, 0.15) is 5.41 Å². The van der Waals surface area contributed by atoms with E-state index in [-0.39, 0.29) is 41.8 Å². The predicted molar refractivity (Wildman–Crippen MR) is 195 cm³/mol. The second-order valence-electron chi connectivity index (χ2n) is 16.0. The quantitative estimate of drug-likeness (QED) is 0.190. The highest BCUT2D eigenvalue weighted by Crippen LogP contribution is 2.56. The van der Waals surface area contributed by atoms with Gasteiger partial charge in [-0.1, -0.05) is 49.3 Å². The molecule has 50 heavy (non-hydrogen) atoms. The lowest BCUT2D eigenvalue weighted by atomic mass is 9.56. The van der Waals surface area contributed by atoms with Crippen LogP contribution in [-0.4, -0.2) is 84.7 Å². The van der Waals surface area contributed by atoms with Crippen LogP contribution < -0.4 is 0 Å². The van der Waals surface area contributed by atoms with Crippen molar-refractivity contribution in [3.8, 4) is 0 Å². The molecule has 262 valence electrons. The van der Waals surface area contributed by atoms with E-state index in [4.69, 9.17) is 9.47 Å². The van der Waals surface area contributed by atoms with Crippen LogP contribution in [0.3, 0.4) is 0 Å². The zero-order chi connectivity index (χ0) is 34.5. The van der Waals surface area contributed by atoms with E-state index in [1.165, 1.54) is 52.3 Å². The molecule has 2 N–H and O–H groups in total. The van der Waals surface area contributed by atoms with E-state index in [9.17, 15) is 9.59 Å². The molecule has 9 atom stereocenters. The van der Waals surface area contributed by atoms with Gasteiger partial charge in [-0.2, -0.15) is 0 Å². The molecule has 3 saturated heterocycles. The number of likely N-dealkylation sites (N-methyl/N-ethyl adjacent to an activating group) is 1. The van der Waals surface area contributed by atoms with Crippen molar-refractivity contribution in [2.24, 2.45) is 23.7 Å². The number of aromatic nitrogens is 2. The normalized spacial score (nSPS) is 34.1. The maximum absolute atomic E-state index is 14.1. The number of piperidine rings is 3. The van der Waals surface area contributed by atoms with Crippen molar-refractivity contribution in [1.29, 1.82) is 0 Å². The highest BCUT2D eigenvalue weighted by atomic mass is 16.5. The number of rotatable bonds is 4. The third-order valence-electron chi connectivity index (χ3n) is 13.9. The molecule has 8 nitrogen and oxygen atoms in total. The lowest BCUT2D eigenvalue weighted by Crippen LogP contribution is -2.67. The molecule has 4 aromatic rings. The van der Waals surface area contributed by atoms with Crippen molar-refractivity contribution < 1.29 is 19.1 Å². The Hall–Kier alpha value is -3.88. The Morgan fingerprint density at radius 1 is 1.02 bits per heavy atom. The summed E-state index contributed by atoms with van der Waals surface area (Å²) in [5, 5.41) is 2.45. The summed E-state index contributed by atoms with van der Waals surface area (Å²) in [4.78, 5) is 40.6. The number of hydrogen-bond donors (Lipinski definition) is 2. The minimum absolute atomic E-state index is 0.0455. The second-order valence-corrected chi connectivity index (χ2v) is 16.0. The Balaban J connectivity index is 1.24. The lowest BCUT2D eigenvalue weighted by Gasteiger charge is -2.57. The Morgan fingerprint density at radius 2 is 1.84 bits per heavy atom. The number of aromatic amines is 2. The van der Waals surface area contributed by atoms with E-state index in [2.05, 4.69) is 89.2 Å². The largest absolute Gasteiger partial charge is 0.469 e. The van der Waals surface area contributed by atoms with Crippen molar-refractivity contribution in [2.45, 2.75) is 75.8 Å². The molecular formula is C42H50N4O4. The van der Waals surface area contributed by atoms with Crippen LogP contribution in [-0.2, 0) is 37.3 Å². The van der Waals surface area contributed by atoms with E-state index in [1.54, 1.807) is 7.11 Å². The number of para-hydroxylation sites is 1. The maximum Gasteiger partial charge on any atom is 0.319 e. The van der Waals surface area contributed by atoms with Crippen LogP contribution in [0, 0.1) is 23.7 Å². The van der Waals surface area contributed by atoms with Crippen molar-refractivity contribution in [3.05, 3.63) is 82.2 Å². The molecule has 8 heteroatoms. The highest BCUT2D eigenvalue weighted by molar-refractivity contribution is 5.92. The van der Waals surface area contributed by atoms with Crippen LogP contribution in [0.25, 0.3) is 21.8 Å². The Labute approximate surface area is 294 Å². The van der Waals surface area contributed by atoms with Crippen LogP contribution in [0.2, 0.25) is 0 Å². The minimum atomic E-state index is -0.677. The Kier molecular flexibility index (Phi) is 7.59. The van der Waals surface area contributed by atoms with Crippen LogP contribution in [0.4, 0.5) is 0 Å². The van der Waals surface area contributed by atoms with E-state index < -0.39 is 5.41 Å². The van der Waals surface area contributed by atoms with E-state index >= 15 is 0 Å². The molecule has 4 aliphatic heterocycles. The number of allylic oxidation sites excluding steroid dienone is 1. The molecule has 0 amide bonds. The van der Waals surface area contributed by atoms with Crippen molar-refractivity contribution in [2.75, 3.05) is 40.9 Å². The first-order valence-electron chi connectivity index (χ1n) is 18.8. The van der Waals surface area contributed by atoms with Crippen LogP contribution in [0.1, 0.15) is 73.5 Å². The fraction of sp³-hybridized carbons (Fsp3) is 0.524. The van der Waals surface area contributed by atoms with Crippen LogP contribution in [0.5, 0.6) is 0 Å². The van der Waals surface area contributed by atoms with E-state index in [0.717, 1.165) is 68.5 Å². The molecule has 0 radical (unpaired) electrons. The van der Waals surface area contributed by atoms with E-state index in [1.807, 2.05) is 0 Å². The summed E-state index contributed by atoms with van der Waals surface area (Å²) in [6.45, 7) is 7.27. The SMILES string of the molecule is C/C=C1/CN(C)[C@H]2Cc3c([nH]c4ccccc34)[C@H](c3ccc4[nH]c5c(c4c3)CCN3C[C@@H]4C[C@H](CC)[C@H]3[C@@]5(C(=O)OC)C4)C[C@@H]1[C@@H]2C(=O)OC. The summed E-state index contributed by atoms with van der Waals surface area (Å²) in [6.07, 6.45) is 7.84. The molecule has 0 spiro atoms. The number of likely N-dealkylation sites (tertiary alicyclic amines) is 1. The predicted octanol–water partition coefficient (Wildman–Crippen LogP) is 6.48. The second kappa shape index (κ2) is 11.8. The zero-order valence-corrected chi connectivity index (χ0v) is 30.1. The van der Waals surface area contributed by atoms with Gasteiger partial charge in [0.2, 0.25) is 0 Å². The van der Waals surface area contributed by atoms with Crippen molar-refractivity contribution >= 4 is 33.7 Å². The molecule has 4 fully saturated rings. The van der Waals surface area contributed by atoms with Gasteiger partial charge in [-0.25, -0.2) is 0 Å². The van der Waals surface area contributed by atoms with Gasteiger partial charge in [0.05, 0.1) is 20.1 Å². The average Bonchev–Trinajstić information content (AvgIpc) is 3.67. The first-order chi connectivity index (χ1) is 24.3. The highest BCUT2D eigenvalue weighted by Gasteiger charge is 2.62. The summed E-state index contributed by atoms with van der Waals surface area (Å²) in [5.41, 5.74) is 9.04. The smallest absolute Gasteiger partial charge is 0.319 e. The number of carbonyl (C=O) groups is 2. The number of hydrogen-bond acceptors (Lipinski definition) is 6. The number of nitrogens with zero attached hydrogens (tertiary/aromatic N) is 2. The number of fused-ring (bicyclic) bond motifs is 9. The van der Waals surface area contributed by atoms with Crippen LogP contribution >= 0.6 is 0 Å². The molecule has 6 bridgehead atoms. The number of esters is 2. The first kappa shape index (κ1) is 32.1. The summed E-state index contributed by atoms with van der Waals surface area (Å²) in [6, 6.07) is 15.8. The van der Waals surface area contributed by atoms with Gasteiger partial charge >= 0.3 is 11.9 Å². The number of ether oxygens (including phenoxy) is 2. The van der Waals surface area contributed by atoms with Crippen molar-refractivity contribution in [3.63, 3.8) is 0 Å². The summed E-state index contributed by atoms with van der Waals surface area (Å²) < 4.78 is 11.2. The zero-order valence-electron chi connectivity index (χ0n) is 30.1. The van der Waals surface area contributed by atoms with Gasteiger partial charge in [-0.3, -0.25) is 19.4 Å². The molecule has 2 aliphatic carbocycles. The Bertz CT molecular complexity index is 2040. The summed E-state index contributed by atoms with van der Waals surface area (Å²) >= 11 is 0. The molecule has 1 saturated carbocycles. The number of carbonyl (C=O) groups excluding carboxylic acids is 2. The van der Waals surface area contributed by atoms with E-state index in [0.29, 0.717) is 11.8 Å². The lowest BCUT2D eigenvalue weighted by molar-refractivity contribution is -0.162. The monoisotopic (exact) mass is 674 g/mol. The number of benzene rings is 2. The van der Waals surface area contributed by atoms with Gasteiger partial charge in [0.15, 0.2) is 0 Å².